The van der Waals surface area contributed by atoms with Gasteiger partial charge in [-0.25, -0.2) is 17.9 Å². The molecule has 1 aromatic heterocycles. The zero-order valence-electron chi connectivity index (χ0n) is 14.5. The minimum atomic E-state index is -4.04. The van der Waals surface area contributed by atoms with E-state index < -0.39 is 21.5 Å². The highest BCUT2D eigenvalue weighted by Gasteiger charge is 2.32. The SMILES string of the molecule is COc1ccc(CC(C)(C)NS(=O)(=O)c2cnn(C)c2C(=O)O)cc1. The second-order valence-corrected chi connectivity index (χ2v) is 7.95. The maximum atomic E-state index is 12.6. The molecule has 0 spiro atoms. The highest BCUT2D eigenvalue weighted by Crippen LogP contribution is 2.21. The quantitative estimate of drug-likeness (QED) is 0.766. The van der Waals surface area contributed by atoms with Crippen molar-refractivity contribution in [2.24, 2.45) is 7.05 Å². The molecule has 1 aromatic carbocycles. The van der Waals surface area contributed by atoms with Crippen LogP contribution in [0.3, 0.4) is 0 Å². The van der Waals surface area contributed by atoms with Gasteiger partial charge in [0.15, 0.2) is 5.69 Å². The lowest BCUT2D eigenvalue weighted by atomic mass is 9.96. The number of rotatable bonds is 7. The fraction of sp³-hybridized carbons (Fsp3) is 0.375. The zero-order valence-corrected chi connectivity index (χ0v) is 15.3. The average molecular weight is 367 g/mol. The van der Waals surface area contributed by atoms with Crippen molar-refractivity contribution in [3.8, 4) is 5.75 Å². The standard InChI is InChI=1S/C16H21N3O5S/c1-16(2,9-11-5-7-12(24-4)8-6-11)18-25(22,23)13-10-17-19(3)14(13)15(20)21/h5-8,10,18H,9H2,1-4H3,(H,20,21). The van der Waals surface area contributed by atoms with Crippen molar-refractivity contribution in [3.63, 3.8) is 0 Å². The predicted molar refractivity (Wildman–Crippen MR) is 91.3 cm³/mol. The number of nitrogens with zero attached hydrogens (tertiary/aromatic N) is 2. The third kappa shape index (κ3) is 4.37. The van der Waals surface area contributed by atoms with Gasteiger partial charge in [-0.3, -0.25) is 4.68 Å². The topological polar surface area (TPSA) is 111 Å². The molecule has 0 aliphatic rings. The molecule has 25 heavy (non-hydrogen) atoms. The van der Waals surface area contributed by atoms with E-state index in [1.165, 1.54) is 7.05 Å². The van der Waals surface area contributed by atoms with Gasteiger partial charge in [-0.2, -0.15) is 5.10 Å². The molecule has 1 heterocycles. The Bertz CT molecular complexity index is 870. The summed E-state index contributed by atoms with van der Waals surface area (Å²) < 4.78 is 33.9. The van der Waals surface area contributed by atoms with Crippen molar-refractivity contribution in [3.05, 3.63) is 41.7 Å². The molecule has 0 aliphatic carbocycles. The molecule has 8 nitrogen and oxygen atoms in total. The van der Waals surface area contributed by atoms with E-state index in [-0.39, 0.29) is 10.6 Å². The van der Waals surface area contributed by atoms with Crippen LogP contribution in [0.25, 0.3) is 0 Å². The number of hydrogen-bond acceptors (Lipinski definition) is 5. The lowest BCUT2D eigenvalue weighted by Crippen LogP contribution is -2.45. The Hall–Kier alpha value is -2.39. The van der Waals surface area contributed by atoms with Gasteiger partial charge < -0.3 is 9.84 Å². The summed E-state index contributed by atoms with van der Waals surface area (Å²) in [4.78, 5) is 10.9. The molecule has 0 bridgehead atoms. The van der Waals surface area contributed by atoms with Crippen molar-refractivity contribution in [1.29, 1.82) is 0 Å². The van der Waals surface area contributed by atoms with Crippen LogP contribution in [0.5, 0.6) is 5.75 Å². The third-order valence-corrected chi connectivity index (χ3v) is 5.31. The lowest BCUT2D eigenvalue weighted by molar-refractivity contribution is 0.0680. The first-order chi connectivity index (χ1) is 11.6. The van der Waals surface area contributed by atoms with Crippen LogP contribution in [0.1, 0.15) is 29.9 Å². The van der Waals surface area contributed by atoms with Gasteiger partial charge in [0, 0.05) is 12.6 Å². The van der Waals surface area contributed by atoms with Crippen molar-refractivity contribution < 1.29 is 23.1 Å². The Morgan fingerprint density at radius 3 is 2.44 bits per heavy atom. The van der Waals surface area contributed by atoms with E-state index in [1.807, 2.05) is 12.1 Å². The number of methoxy groups -OCH3 is 1. The molecule has 0 fully saturated rings. The van der Waals surface area contributed by atoms with E-state index in [1.54, 1.807) is 33.1 Å². The Kier molecular flexibility index (Phi) is 5.19. The largest absolute Gasteiger partial charge is 0.497 e. The summed E-state index contributed by atoms with van der Waals surface area (Å²) in [5.74, 6) is -0.642. The molecule has 0 aliphatic heterocycles. The number of carboxylic acids is 1. The molecular formula is C16H21N3O5S. The van der Waals surface area contributed by atoms with Gasteiger partial charge in [0.25, 0.3) is 0 Å². The predicted octanol–water partition coefficient (Wildman–Crippen LogP) is 1.43. The highest BCUT2D eigenvalue weighted by molar-refractivity contribution is 7.89. The van der Waals surface area contributed by atoms with Crippen LogP contribution >= 0.6 is 0 Å². The smallest absolute Gasteiger partial charge is 0.355 e. The van der Waals surface area contributed by atoms with E-state index in [2.05, 4.69) is 9.82 Å². The molecule has 0 radical (unpaired) electrons. The van der Waals surface area contributed by atoms with Crippen LogP contribution in [0, 0.1) is 0 Å². The summed E-state index contributed by atoms with van der Waals surface area (Å²) >= 11 is 0. The molecule has 2 aromatic rings. The maximum absolute atomic E-state index is 12.6. The third-order valence-electron chi connectivity index (χ3n) is 3.61. The Morgan fingerprint density at radius 1 is 1.32 bits per heavy atom. The van der Waals surface area contributed by atoms with Gasteiger partial charge in [-0.1, -0.05) is 12.1 Å². The van der Waals surface area contributed by atoms with Crippen molar-refractivity contribution in [2.75, 3.05) is 7.11 Å². The molecule has 0 saturated carbocycles. The summed E-state index contributed by atoms with van der Waals surface area (Å²) in [6, 6.07) is 7.29. The maximum Gasteiger partial charge on any atom is 0.355 e. The van der Waals surface area contributed by atoms with Gasteiger partial charge in [0.05, 0.1) is 13.3 Å². The van der Waals surface area contributed by atoms with Crippen molar-refractivity contribution >= 4 is 16.0 Å². The van der Waals surface area contributed by atoms with Crippen LogP contribution < -0.4 is 9.46 Å². The van der Waals surface area contributed by atoms with Crippen LogP contribution in [-0.4, -0.2) is 41.9 Å². The zero-order chi connectivity index (χ0) is 18.8. The van der Waals surface area contributed by atoms with E-state index in [9.17, 15) is 18.3 Å². The highest BCUT2D eigenvalue weighted by atomic mass is 32.2. The summed E-state index contributed by atoms with van der Waals surface area (Å²) in [7, 11) is -1.09. The molecule has 0 amide bonds. The second kappa shape index (κ2) is 6.85. The molecule has 0 saturated heterocycles. The van der Waals surface area contributed by atoms with E-state index in [4.69, 9.17) is 4.74 Å². The number of sulfonamides is 1. The molecule has 0 atom stereocenters. The molecule has 2 rings (SSSR count). The summed E-state index contributed by atoms with van der Waals surface area (Å²) in [5, 5.41) is 13.0. The fourth-order valence-electron chi connectivity index (χ4n) is 2.57. The summed E-state index contributed by atoms with van der Waals surface area (Å²) in [6.07, 6.45) is 1.45. The summed E-state index contributed by atoms with van der Waals surface area (Å²) in [5.41, 5.74) is -0.301. The van der Waals surface area contributed by atoms with Gasteiger partial charge in [0.1, 0.15) is 10.6 Å². The number of carboxylic acid groups (broad SMARTS) is 1. The van der Waals surface area contributed by atoms with Crippen LogP contribution in [0.15, 0.2) is 35.4 Å². The molecule has 136 valence electrons. The average Bonchev–Trinajstić information content (AvgIpc) is 2.89. The van der Waals surface area contributed by atoms with Crippen LogP contribution in [0.4, 0.5) is 0 Å². The Balaban J connectivity index is 2.24. The van der Waals surface area contributed by atoms with Crippen LogP contribution in [-0.2, 0) is 23.5 Å². The monoisotopic (exact) mass is 367 g/mol. The number of ether oxygens (including phenoxy) is 1. The fourth-order valence-corrected chi connectivity index (χ4v) is 4.14. The first-order valence-corrected chi connectivity index (χ1v) is 8.96. The van der Waals surface area contributed by atoms with Gasteiger partial charge in [-0.15, -0.1) is 0 Å². The number of aromatic nitrogens is 2. The number of hydrogen-bond donors (Lipinski definition) is 2. The van der Waals surface area contributed by atoms with E-state index in [0.29, 0.717) is 12.2 Å². The van der Waals surface area contributed by atoms with Crippen molar-refractivity contribution in [1.82, 2.24) is 14.5 Å². The molecule has 9 heteroatoms. The summed E-state index contributed by atoms with van der Waals surface area (Å²) in [6.45, 7) is 3.46. The van der Waals surface area contributed by atoms with E-state index >= 15 is 0 Å². The minimum absolute atomic E-state index is 0.356. The van der Waals surface area contributed by atoms with Gasteiger partial charge in [-0.05, 0) is 38.0 Å². The Morgan fingerprint density at radius 2 is 1.92 bits per heavy atom. The second-order valence-electron chi connectivity index (χ2n) is 6.30. The van der Waals surface area contributed by atoms with E-state index in [0.717, 1.165) is 16.4 Å². The first kappa shape index (κ1) is 18.9. The van der Waals surface area contributed by atoms with Gasteiger partial charge >= 0.3 is 5.97 Å². The minimum Gasteiger partial charge on any atom is -0.497 e. The van der Waals surface area contributed by atoms with Crippen LogP contribution in [0.2, 0.25) is 0 Å². The number of nitrogens with one attached hydrogen (secondary N) is 1. The molecular weight excluding hydrogens is 346 g/mol. The molecule has 0 unspecified atom stereocenters. The lowest BCUT2D eigenvalue weighted by Gasteiger charge is -2.26. The number of aryl methyl sites for hydroxylation is 1. The number of carbonyl (C=O) groups is 1. The first-order valence-electron chi connectivity index (χ1n) is 7.48. The van der Waals surface area contributed by atoms with Gasteiger partial charge in [0.2, 0.25) is 10.0 Å². The number of aromatic carboxylic acids is 1. The normalized spacial score (nSPS) is 12.2. The van der Waals surface area contributed by atoms with Crippen molar-refractivity contribution in [2.45, 2.75) is 30.7 Å². The molecule has 2 N–H and O–H groups in total. The Labute approximate surface area is 146 Å². The number of benzene rings is 1.